The van der Waals surface area contributed by atoms with Gasteiger partial charge < -0.3 is 24.2 Å². The third kappa shape index (κ3) is 6.02. The van der Waals surface area contributed by atoms with Crippen LogP contribution in [-0.4, -0.2) is 71.3 Å². The lowest BCUT2D eigenvalue weighted by molar-refractivity contribution is -0.132. The first-order chi connectivity index (χ1) is 20.4. The number of halogens is 1. The van der Waals surface area contributed by atoms with Crippen LogP contribution in [0.25, 0.3) is 11.3 Å². The highest BCUT2D eigenvalue weighted by atomic mass is 19.1. The molecule has 0 atom stereocenters. The van der Waals surface area contributed by atoms with E-state index in [1.165, 1.54) is 28.7 Å². The fraction of sp³-hybridized carbons (Fsp3) is 0.250. The SMILES string of the molecule is Cc1ccc(-c2ccc(N3CCN(C(=O)CN(Cc4ccc5c(c4)OCO5)C(=O)c4cccc(F)c4)CC3)nn2)cc1. The number of hydrogen-bond donors (Lipinski definition) is 0. The van der Waals surface area contributed by atoms with E-state index in [0.29, 0.717) is 37.7 Å². The van der Waals surface area contributed by atoms with Gasteiger partial charge in [-0.05, 0) is 55.0 Å². The smallest absolute Gasteiger partial charge is 0.254 e. The van der Waals surface area contributed by atoms with Crippen molar-refractivity contribution in [2.45, 2.75) is 13.5 Å². The van der Waals surface area contributed by atoms with E-state index >= 15 is 0 Å². The number of rotatable bonds is 7. The average Bonchev–Trinajstić information content (AvgIpc) is 3.49. The quantitative estimate of drug-likeness (QED) is 0.329. The lowest BCUT2D eigenvalue weighted by Gasteiger charge is -2.36. The van der Waals surface area contributed by atoms with Crippen LogP contribution in [0.3, 0.4) is 0 Å². The van der Waals surface area contributed by atoms with Crippen molar-refractivity contribution in [1.82, 2.24) is 20.0 Å². The molecule has 0 spiro atoms. The van der Waals surface area contributed by atoms with Gasteiger partial charge in [0.05, 0.1) is 5.69 Å². The molecule has 2 amide bonds. The molecular formula is C32H30FN5O4. The molecule has 2 aliphatic heterocycles. The molecule has 6 rings (SSSR count). The van der Waals surface area contributed by atoms with E-state index in [9.17, 15) is 14.0 Å². The molecule has 42 heavy (non-hydrogen) atoms. The number of carbonyl (C=O) groups is 2. The van der Waals surface area contributed by atoms with Crippen LogP contribution in [0.5, 0.6) is 11.5 Å². The van der Waals surface area contributed by atoms with Crippen LogP contribution in [0, 0.1) is 12.7 Å². The van der Waals surface area contributed by atoms with Gasteiger partial charge in [0.1, 0.15) is 12.4 Å². The third-order valence-electron chi connectivity index (χ3n) is 7.45. The Labute approximate surface area is 243 Å². The molecule has 1 fully saturated rings. The minimum Gasteiger partial charge on any atom is -0.454 e. The van der Waals surface area contributed by atoms with Crippen LogP contribution in [0.2, 0.25) is 0 Å². The van der Waals surface area contributed by atoms with E-state index in [1.807, 2.05) is 49.4 Å². The van der Waals surface area contributed by atoms with Crippen LogP contribution in [0.15, 0.2) is 78.9 Å². The monoisotopic (exact) mass is 567 g/mol. The van der Waals surface area contributed by atoms with E-state index in [2.05, 4.69) is 15.1 Å². The highest BCUT2D eigenvalue weighted by Crippen LogP contribution is 2.33. The second-order valence-electron chi connectivity index (χ2n) is 10.4. The summed E-state index contributed by atoms with van der Waals surface area (Å²) in [6, 6.07) is 22.9. The summed E-state index contributed by atoms with van der Waals surface area (Å²) in [7, 11) is 0. The van der Waals surface area contributed by atoms with E-state index in [0.717, 1.165) is 22.6 Å². The normalized spacial score (nSPS) is 14.1. The number of nitrogens with zero attached hydrogens (tertiary/aromatic N) is 5. The Hall–Kier alpha value is -4.99. The second-order valence-corrected chi connectivity index (χ2v) is 10.4. The maximum Gasteiger partial charge on any atom is 0.254 e. The molecule has 3 aromatic carbocycles. The zero-order valence-corrected chi connectivity index (χ0v) is 23.2. The van der Waals surface area contributed by atoms with Gasteiger partial charge in [-0.1, -0.05) is 42.0 Å². The fourth-order valence-electron chi connectivity index (χ4n) is 5.08. The zero-order valence-electron chi connectivity index (χ0n) is 23.2. The van der Waals surface area contributed by atoms with Crippen molar-refractivity contribution in [1.29, 1.82) is 0 Å². The number of fused-ring (bicyclic) bond motifs is 1. The van der Waals surface area contributed by atoms with Crippen molar-refractivity contribution in [2.75, 3.05) is 44.4 Å². The molecule has 0 radical (unpaired) electrons. The minimum atomic E-state index is -0.513. The molecular weight excluding hydrogens is 537 g/mol. The van der Waals surface area contributed by atoms with E-state index in [1.54, 1.807) is 23.1 Å². The van der Waals surface area contributed by atoms with E-state index in [-0.39, 0.29) is 31.4 Å². The van der Waals surface area contributed by atoms with Crippen LogP contribution in [0.4, 0.5) is 10.2 Å². The summed E-state index contributed by atoms with van der Waals surface area (Å²) < 4.78 is 24.8. The number of amides is 2. The Morgan fingerprint density at radius 2 is 1.67 bits per heavy atom. The van der Waals surface area contributed by atoms with Crippen molar-refractivity contribution in [2.24, 2.45) is 0 Å². The Morgan fingerprint density at radius 3 is 2.40 bits per heavy atom. The van der Waals surface area contributed by atoms with Crippen LogP contribution in [0.1, 0.15) is 21.5 Å². The first-order valence-corrected chi connectivity index (χ1v) is 13.8. The van der Waals surface area contributed by atoms with E-state index in [4.69, 9.17) is 9.47 Å². The van der Waals surface area contributed by atoms with Gasteiger partial charge in [0.15, 0.2) is 17.3 Å². The number of hydrogen-bond acceptors (Lipinski definition) is 7. The standard InChI is InChI=1S/C32H30FN5O4/c1-22-5-8-24(9-6-22)27-10-12-30(35-34-27)36-13-15-37(16-14-36)31(39)20-38(32(40)25-3-2-4-26(33)18-25)19-23-7-11-28-29(17-23)42-21-41-28/h2-12,17-18H,13-16,19-21H2,1H3. The van der Waals surface area contributed by atoms with Crippen molar-refractivity contribution >= 4 is 17.6 Å². The number of aryl methyl sites for hydroxylation is 1. The van der Waals surface area contributed by atoms with Crippen LogP contribution >= 0.6 is 0 Å². The molecule has 0 saturated carbocycles. The summed E-state index contributed by atoms with van der Waals surface area (Å²) in [5.41, 5.74) is 3.95. The van der Waals surface area contributed by atoms with Crippen molar-refractivity contribution < 1.29 is 23.5 Å². The molecule has 0 N–H and O–H groups in total. The van der Waals surface area contributed by atoms with Crippen molar-refractivity contribution in [3.8, 4) is 22.8 Å². The average molecular weight is 568 g/mol. The lowest BCUT2D eigenvalue weighted by Crippen LogP contribution is -2.52. The summed E-state index contributed by atoms with van der Waals surface area (Å²) in [6.07, 6.45) is 0. The van der Waals surface area contributed by atoms with Gasteiger partial charge in [0.2, 0.25) is 12.7 Å². The predicted molar refractivity (Wildman–Crippen MR) is 155 cm³/mol. The summed E-state index contributed by atoms with van der Waals surface area (Å²) in [5, 5.41) is 8.83. The van der Waals surface area contributed by atoms with Crippen molar-refractivity contribution in [3.05, 3.63) is 101 Å². The van der Waals surface area contributed by atoms with Gasteiger partial charge in [-0.25, -0.2) is 4.39 Å². The molecule has 0 aliphatic carbocycles. The number of benzene rings is 3. The van der Waals surface area contributed by atoms with Gasteiger partial charge in [-0.2, -0.15) is 0 Å². The number of piperazine rings is 1. The molecule has 0 bridgehead atoms. The van der Waals surface area contributed by atoms with Crippen molar-refractivity contribution in [3.63, 3.8) is 0 Å². The summed E-state index contributed by atoms with van der Waals surface area (Å²) in [6.45, 7) is 4.32. The molecule has 1 aromatic heterocycles. The molecule has 2 aliphatic rings. The Kier molecular flexibility index (Phi) is 7.68. The van der Waals surface area contributed by atoms with Gasteiger partial charge in [0.25, 0.3) is 5.91 Å². The van der Waals surface area contributed by atoms with E-state index < -0.39 is 11.7 Å². The molecule has 214 valence electrons. The van der Waals surface area contributed by atoms with Gasteiger partial charge in [0, 0.05) is 43.9 Å². The number of carbonyl (C=O) groups excluding carboxylic acids is 2. The molecule has 4 aromatic rings. The predicted octanol–water partition coefficient (Wildman–Crippen LogP) is 4.31. The van der Waals surface area contributed by atoms with Crippen LogP contribution < -0.4 is 14.4 Å². The first-order valence-electron chi connectivity index (χ1n) is 13.8. The maximum absolute atomic E-state index is 13.9. The topological polar surface area (TPSA) is 88.1 Å². The maximum atomic E-state index is 13.9. The summed E-state index contributed by atoms with van der Waals surface area (Å²) in [4.78, 5) is 32.2. The highest BCUT2D eigenvalue weighted by Gasteiger charge is 2.27. The summed E-state index contributed by atoms with van der Waals surface area (Å²) >= 11 is 0. The third-order valence-corrected chi connectivity index (χ3v) is 7.45. The van der Waals surface area contributed by atoms with Gasteiger partial charge >= 0.3 is 0 Å². The molecule has 1 saturated heterocycles. The molecule has 0 unspecified atom stereocenters. The highest BCUT2D eigenvalue weighted by molar-refractivity contribution is 5.96. The molecule has 9 nitrogen and oxygen atoms in total. The Bertz CT molecular complexity index is 1590. The first kappa shape index (κ1) is 27.2. The Morgan fingerprint density at radius 1 is 0.881 bits per heavy atom. The summed E-state index contributed by atoms with van der Waals surface area (Å²) in [5.74, 6) is 0.849. The van der Waals surface area contributed by atoms with Gasteiger partial charge in [-0.3, -0.25) is 9.59 Å². The van der Waals surface area contributed by atoms with Crippen LogP contribution in [-0.2, 0) is 11.3 Å². The number of anilines is 1. The molecule has 10 heteroatoms. The minimum absolute atomic E-state index is 0.137. The number of aromatic nitrogens is 2. The molecule has 3 heterocycles. The number of ether oxygens (including phenoxy) is 2. The largest absolute Gasteiger partial charge is 0.454 e. The lowest BCUT2D eigenvalue weighted by atomic mass is 10.1. The second kappa shape index (κ2) is 11.9. The zero-order chi connectivity index (χ0) is 29.1. The fourth-order valence-corrected chi connectivity index (χ4v) is 5.08. The Balaban J connectivity index is 1.11. The van der Waals surface area contributed by atoms with Gasteiger partial charge in [-0.15, -0.1) is 10.2 Å².